The number of carbonyl (C=O) groups excluding carboxylic acids is 2. The van der Waals surface area contributed by atoms with Gasteiger partial charge < -0.3 is 9.47 Å². The molecule has 0 bridgehead atoms. The minimum atomic E-state index is -0.130. The minimum absolute atomic E-state index is 0.0589. The number of esters is 1. The van der Waals surface area contributed by atoms with Crippen molar-refractivity contribution in [1.29, 1.82) is 0 Å². The third kappa shape index (κ3) is 6.43. The first-order valence-corrected chi connectivity index (χ1v) is 7.44. The lowest BCUT2D eigenvalue weighted by molar-refractivity contribution is -0.143. The maximum absolute atomic E-state index is 11.3. The van der Waals surface area contributed by atoms with E-state index in [-0.39, 0.29) is 11.8 Å². The van der Waals surface area contributed by atoms with Crippen molar-refractivity contribution in [3.05, 3.63) is 29.3 Å². The van der Waals surface area contributed by atoms with Gasteiger partial charge in [0, 0.05) is 12.0 Å². The molecule has 0 saturated carbocycles. The Hall–Kier alpha value is -1.84. The van der Waals surface area contributed by atoms with Crippen LogP contribution >= 0.6 is 0 Å². The van der Waals surface area contributed by atoms with Gasteiger partial charge in [0.15, 0.2) is 5.78 Å². The number of benzene rings is 1. The highest BCUT2D eigenvalue weighted by Crippen LogP contribution is 2.19. The van der Waals surface area contributed by atoms with Crippen LogP contribution < -0.4 is 4.74 Å². The largest absolute Gasteiger partial charge is 0.493 e. The van der Waals surface area contributed by atoms with Gasteiger partial charge in [0.25, 0.3) is 0 Å². The zero-order chi connectivity index (χ0) is 15.7. The van der Waals surface area contributed by atoms with Crippen molar-refractivity contribution in [1.82, 2.24) is 0 Å². The summed E-state index contributed by atoms with van der Waals surface area (Å²) in [4.78, 5) is 22.4. The Bertz CT molecular complexity index is 480. The summed E-state index contributed by atoms with van der Waals surface area (Å²) in [5.41, 5.74) is 1.67. The summed E-state index contributed by atoms with van der Waals surface area (Å²) < 4.78 is 10.6. The smallest absolute Gasteiger partial charge is 0.305 e. The van der Waals surface area contributed by atoms with E-state index in [0.29, 0.717) is 25.2 Å². The molecule has 0 spiro atoms. The summed E-state index contributed by atoms with van der Waals surface area (Å²) in [6, 6.07) is 5.47. The highest BCUT2D eigenvalue weighted by molar-refractivity contribution is 5.94. The molecule has 0 aliphatic rings. The molecule has 0 N–H and O–H groups in total. The highest BCUT2D eigenvalue weighted by atomic mass is 16.5. The van der Waals surface area contributed by atoms with Crippen molar-refractivity contribution >= 4 is 11.8 Å². The molecule has 4 nitrogen and oxygen atoms in total. The molecule has 1 aromatic carbocycles. The molecule has 1 rings (SSSR count). The van der Waals surface area contributed by atoms with E-state index in [1.54, 1.807) is 13.0 Å². The summed E-state index contributed by atoms with van der Waals surface area (Å²) in [6.07, 6.45) is 3.13. The molecule has 4 heteroatoms. The van der Waals surface area contributed by atoms with E-state index in [9.17, 15) is 9.59 Å². The quantitative estimate of drug-likeness (QED) is 0.395. The van der Waals surface area contributed by atoms with Crippen LogP contribution in [0.4, 0.5) is 0 Å². The number of ketones is 1. The van der Waals surface area contributed by atoms with Gasteiger partial charge in [0.05, 0.1) is 13.2 Å². The zero-order valence-corrected chi connectivity index (χ0v) is 13.1. The Morgan fingerprint density at radius 3 is 2.52 bits per heavy atom. The number of unbranched alkanes of at least 4 members (excludes halogenated alkanes) is 2. The third-order valence-corrected chi connectivity index (χ3v) is 3.17. The fraction of sp³-hybridized carbons (Fsp3) is 0.529. The van der Waals surface area contributed by atoms with E-state index >= 15 is 0 Å². The Labute approximate surface area is 126 Å². The first kappa shape index (κ1) is 17.2. The van der Waals surface area contributed by atoms with Gasteiger partial charge in [-0.15, -0.1) is 0 Å². The average Bonchev–Trinajstić information content (AvgIpc) is 2.44. The first-order valence-electron chi connectivity index (χ1n) is 7.44. The van der Waals surface area contributed by atoms with Crippen molar-refractivity contribution in [2.75, 3.05) is 13.2 Å². The van der Waals surface area contributed by atoms with Crippen LogP contribution in [0.5, 0.6) is 5.75 Å². The molecule has 0 saturated heterocycles. The van der Waals surface area contributed by atoms with Crippen LogP contribution in [0.15, 0.2) is 18.2 Å². The summed E-state index contributed by atoms with van der Waals surface area (Å²) in [6.45, 7) is 6.35. The molecular weight excluding hydrogens is 268 g/mol. The van der Waals surface area contributed by atoms with E-state index < -0.39 is 0 Å². The van der Waals surface area contributed by atoms with Gasteiger partial charge in [0.1, 0.15) is 5.75 Å². The molecule has 0 heterocycles. The topological polar surface area (TPSA) is 52.6 Å². The molecule has 21 heavy (non-hydrogen) atoms. The van der Waals surface area contributed by atoms with Gasteiger partial charge in [-0.05, 0) is 63.8 Å². The van der Waals surface area contributed by atoms with Crippen molar-refractivity contribution < 1.29 is 19.1 Å². The van der Waals surface area contributed by atoms with Gasteiger partial charge in [-0.1, -0.05) is 0 Å². The second kappa shape index (κ2) is 9.16. The lowest BCUT2D eigenvalue weighted by Crippen LogP contribution is -2.04. The Morgan fingerprint density at radius 2 is 1.90 bits per heavy atom. The molecule has 0 aliphatic heterocycles. The number of Topliss-reactive ketones (excluding diaryl/α,β-unsaturated/α-hetero) is 1. The second-order valence-corrected chi connectivity index (χ2v) is 5.00. The van der Waals surface area contributed by atoms with E-state index in [0.717, 1.165) is 30.6 Å². The lowest BCUT2D eigenvalue weighted by Gasteiger charge is -2.10. The molecule has 0 fully saturated rings. The number of hydrogen-bond acceptors (Lipinski definition) is 4. The van der Waals surface area contributed by atoms with Crippen LogP contribution in [-0.2, 0) is 9.53 Å². The van der Waals surface area contributed by atoms with E-state index in [1.165, 1.54) is 0 Å². The van der Waals surface area contributed by atoms with Gasteiger partial charge in [-0.2, -0.15) is 0 Å². The molecule has 0 aliphatic carbocycles. The monoisotopic (exact) mass is 292 g/mol. The number of hydrogen-bond donors (Lipinski definition) is 0. The highest BCUT2D eigenvalue weighted by Gasteiger charge is 2.05. The fourth-order valence-corrected chi connectivity index (χ4v) is 1.99. The Morgan fingerprint density at radius 1 is 1.14 bits per heavy atom. The van der Waals surface area contributed by atoms with Crippen LogP contribution in [0, 0.1) is 6.92 Å². The van der Waals surface area contributed by atoms with Crippen LogP contribution in [0.2, 0.25) is 0 Å². The number of carbonyl (C=O) groups is 2. The molecule has 116 valence electrons. The first-order chi connectivity index (χ1) is 10.0. The minimum Gasteiger partial charge on any atom is -0.493 e. The van der Waals surface area contributed by atoms with E-state index in [1.807, 2.05) is 26.0 Å². The van der Waals surface area contributed by atoms with Gasteiger partial charge in [-0.3, -0.25) is 9.59 Å². The predicted octanol–water partition coefficient (Wildman–Crippen LogP) is 3.70. The van der Waals surface area contributed by atoms with Crippen molar-refractivity contribution in [3.63, 3.8) is 0 Å². The second-order valence-electron chi connectivity index (χ2n) is 5.00. The fourth-order valence-electron chi connectivity index (χ4n) is 1.99. The molecular formula is C17H24O4. The molecule has 0 radical (unpaired) electrons. The Kier molecular flexibility index (Phi) is 7.51. The summed E-state index contributed by atoms with van der Waals surface area (Å²) in [5, 5.41) is 0. The molecule has 1 aromatic rings. The van der Waals surface area contributed by atoms with Gasteiger partial charge >= 0.3 is 5.97 Å². The number of aryl methyl sites for hydroxylation is 1. The van der Waals surface area contributed by atoms with Crippen LogP contribution in [-0.4, -0.2) is 25.0 Å². The van der Waals surface area contributed by atoms with Crippen LogP contribution in [0.25, 0.3) is 0 Å². The maximum atomic E-state index is 11.3. The Balaban J connectivity index is 2.24. The van der Waals surface area contributed by atoms with Crippen molar-refractivity contribution in [2.24, 2.45) is 0 Å². The third-order valence-electron chi connectivity index (χ3n) is 3.17. The predicted molar refractivity (Wildman–Crippen MR) is 81.8 cm³/mol. The zero-order valence-electron chi connectivity index (χ0n) is 13.1. The normalized spacial score (nSPS) is 10.2. The lowest BCUT2D eigenvalue weighted by atomic mass is 10.1. The number of rotatable bonds is 9. The molecule has 0 amide bonds. The van der Waals surface area contributed by atoms with E-state index in [2.05, 4.69) is 0 Å². The standard InChI is InChI=1S/C17H24O4/c1-4-20-17(19)8-6-5-7-11-21-16-10-9-15(14(3)18)12-13(16)2/h9-10,12H,4-8,11H2,1-3H3. The number of ether oxygens (including phenoxy) is 2. The molecule has 0 unspecified atom stereocenters. The maximum Gasteiger partial charge on any atom is 0.305 e. The summed E-state index contributed by atoms with van der Waals surface area (Å²) in [7, 11) is 0. The molecule has 0 atom stereocenters. The van der Waals surface area contributed by atoms with Crippen LogP contribution in [0.1, 0.15) is 55.5 Å². The van der Waals surface area contributed by atoms with Gasteiger partial charge in [0.2, 0.25) is 0 Å². The molecule has 0 aromatic heterocycles. The average molecular weight is 292 g/mol. The van der Waals surface area contributed by atoms with E-state index in [4.69, 9.17) is 9.47 Å². The van der Waals surface area contributed by atoms with Crippen molar-refractivity contribution in [2.45, 2.75) is 46.5 Å². The van der Waals surface area contributed by atoms with Crippen molar-refractivity contribution in [3.8, 4) is 5.75 Å². The van der Waals surface area contributed by atoms with Crippen LogP contribution in [0.3, 0.4) is 0 Å². The summed E-state index contributed by atoms with van der Waals surface area (Å²) >= 11 is 0. The SMILES string of the molecule is CCOC(=O)CCCCCOc1ccc(C(C)=O)cc1C. The summed E-state index contributed by atoms with van der Waals surface area (Å²) in [5.74, 6) is 0.739. The van der Waals surface area contributed by atoms with Gasteiger partial charge in [-0.25, -0.2) is 0 Å².